The zero-order chi connectivity index (χ0) is 18.5. The third kappa shape index (κ3) is 4.35. The smallest absolute Gasteiger partial charge is 0.337 e. The van der Waals surface area contributed by atoms with Gasteiger partial charge < -0.3 is 4.74 Å². The number of nitrogens with zero attached hydrogens (tertiary/aromatic N) is 1. The molecule has 1 atom stereocenters. The fraction of sp³-hybridized carbons (Fsp3) is 0.333. The molecule has 5 heteroatoms. The Morgan fingerprint density at radius 2 is 1.73 bits per heavy atom. The van der Waals surface area contributed by atoms with E-state index in [2.05, 4.69) is 4.90 Å². The number of likely N-dealkylation sites (tertiary alicyclic amines) is 1. The van der Waals surface area contributed by atoms with E-state index in [9.17, 15) is 14.0 Å². The minimum Gasteiger partial charge on any atom is -0.465 e. The second-order valence-electron chi connectivity index (χ2n) is 6.59. The highest BCUT2D eigenvalue weighted by Gasteiger charge is 2.27. The van der Waals surface area contributed by atoms with Crippen LogP contribution in [-0.4, -0.2) is 36.3 Å². The molecule has 2 aromatic carbocycles. The monoisotopic (exact) mass is 355 g/mol. The Hall–Kier alpha value is -2.53. The lowest BCUT2D eigenvalue weighted by Crippen LogP contribution is -2.31. The lowest BCUT2D eigenvalue weighted by atomic mass is 10.0. The van der Waals surface area contributed by atoms with Gasteiger partial charge in [0.2, 0.25) is 0 Å². The first-order chi connectivity index (χ1) is 12.6. The van der Waals surface area contributed by atoms with E-state index in [-0.39, 0.29) is 23.6 Å². The van der Waals surface area contributed by atoms with E-state index in [1.807, 2.05) is 12.1 Å². The molecular formula is C21H22FNO3. The highest BCUT2D eigenvalue weighted by atomic mass is 19.1. The van der Waals surface area contributed by atoms with Crippen molar-refractivity contribution in [2.75, 3.05) is 13.7 Å². The van der Waals surface area contributed by atoms with Gasteiger partial charge in [-0.25, -0.2) is 9.18 Å². The first kappa shape index (κ1) is 18.3. The van der Waals surface area contributed by atoms with Gasteiger partial charge in [0, 0.05) is 24.6 Å². The number of esters is 1. The number of methoxy groups -OCH3 is 1. The molecule has 0 amide bonds. The highest BCUT2D eigenvalue weighted by molar-refractivity contribution is 5.96. The van der Waals surface area contributed by atoms with Crippen LogP contribution in [0.15, 0.2) is 48.5 Å². The number of hydrogen-bond donors (Lipinski definition) is 0. The predicted octanol–water partition coefficient (Wildman–Crippen LogP) is 3.85. The lowest BCUT2D eigenvalue weighted by molar-refractivity contribution is 0.0600. The Kier molecular flexibility index (Phi) is 5.78. The average molecular weight is 355 g/mol. The summed E-state index contributed by atoms with van der Waals surface area (Å²) in [6.07, 6.45) is 2.47. The summed E-state index contributed by atoms with van der Waals surface area (Å²) in [6, 6.07) is 13.3. The number of Topliss-reactive ketones (excluding diaryl/α,β-unsaturated/α-hetero) is 1. The summed E-state index contributed by atoms with van der Waals surface area (Å²) in [4.78, 5) is 26.3. The number of ether oxygens (including phenoxy) is 1. The molecular weight excluding hydrogens is 333 g/mol. The fourth-order valence-corrected chi connectivity index (χ4v) is 3.40. The topological polar surface area (TPSA) is 46.6 Å². The summed E-state index contributed by atoms with van der Waals surface area (Å²) in [5, 5.41) is 0. The van der Waals surface area contributed by atoms with Crippen LogP contribution < -0.4 is 0 Å². The van der Waals surface area contributed by atoms with Crippen LogP contribution in [0.4, 0.5) is 4.39 Å². The maximum absolute atomic E-state index is 13.0. The zero-order valence-corrected chi connectivity index (χ0v) is 14.8. The lowest BCUT2D eigenvalue weighted by Gasteiger charge is -2.24. The third-order valence-corrected chi connectivity index (χ3v) is 4.85. The number of benzene rings is 2. The Morgan fingerprint density at radius 1 is 1.08 bits per heavy atom. The van der Waals surface area contributed by atoms with Crippen molar-refractivity contribution in [1.29, 1.82) is 0 Å². The molecule has 1 aliphatic heterocycles. The number of carbonyl (C=O) groups excluding carboxylic acids is 2. The molecule has 0 bridgehead atoms. The van der Waals surface area contributed by atoms with E-state index in [1.165, 1.54) is 19.2 Å². The third-order valence-electron chi connectivity index (χ3n) is 4.85. The summed E-state index contributed by atoms with van der Waals surface area (Å²) in [5.74, 6) is -0.636. The van der Waals surface area contributed by atoms with Crippen LogP contribution in [0.25, 0.3) is 0 Å². The minimum absolute atomic E-state index is 0.0444. The van der Waals surface area contributed by atoms with E-state index in [0.29, 0.717) is 17.5 Å². The second kappa shape index (κ2) is 8.23. The molecule has 2 aromatic rings. The SMILES string of the molecule is COC(=O)c1ccc(CN2CCC[C@@H]2CC(=O)c2ccc(F)cc2)cc1. The standard InChI is InChI=1S/C21H22FNO3/c1-26-21(25)17-6-4-15(5-7-17)14-23-12-2-3-19(23)13-20(24)16-8-10-18(22)11-9-16/h4-11,19H,2-3,12-14H2,1H3/t19-/m1/s1. The molecule has 0 aliphatic carbocycles. The fourth-order valence-electron chi connectivity index (χ4n) is 3.40. The van der Waals surface area contributed by atoms with E-state index in [1.54, 1.807) is 24.3 Å². The molecule has 3 rings (SSSR count). The molecule has 0 N–H and O–H groups in total. The summed E-state index contributed by atoms with van der Waals surface area (Å²) >= 11 is 0. The largest absolute Gasteiger partial charge is 0.465 e. The van der Waals surface area contributed by atoms with E-state index in [4.69, 9.17) is 4.74 Å². The summed E-state index contributed by atoms with van der Waals surface area (Å²) in [5.41, 5.74) is 2.18. The van der Waals surface area contributed by atoms with Crippen LogP contribution in [0.5, 0.6) is 0 Å². The molecule has 0 radical (unpaired) electrons. The molecule has 0 aromatic heterocycles. The molecule has 0 saturated carbocycles. The van der Waals surface area contributed by atoms with Crippen LogP contribution in [0.2, 0.25) is 0 Å². The van der Waals surface area contributed by atoms with Crippen LogP contribution in [0.3, 0.4) is 0 Å². The van der Waals surface area contributed by atoms with Gasteiger partial charge in [-0.15, -0.1) is 0 Å². The van der Waals surface area contributed by atoms with Gasteiger partial charge in [-0.05, 0) is 61.3 Å². The van der Waals surface area contributed by atoms with Gasteiger partial charge in [0.25, 0.3) is 0 Å². The van der Waals surface area contributed by atoms with Gasteiger partial charge >= 0.3 is 5.97 Å². The number of hydrogen-bond acceptors (Lipinski definition) is 4. The molecule has 0 spiro atoms. The number of ketones is 1. The summed E-state index contributed by atoms with van der Waals surface area (Å²) in [6.45, 7) is 1.68. The second-order valence-corrected chi connectivity index (χ2v) is 6.59. The van der Waals surface area contributed by atoms with Crippen molar-refractivity contribution in [3.63, 3.8) is 0 Å². The van der Waals surface area contributed by atoms with Gasteiger partial charge in [0.15, 0.2) is 5.78 Å². The number of rotatable bonds is 6. The molecule has 1 saturated heterocycles. The van der Waals surface area contributed by atoms with E-state index >= 15 is 0 Å². The highest BCUT2D eigenvalue weighted by Crippen LogP contribution is 2.24. The Labute approximate surface area is 152 Å². The van der Waals surface area contributed by atoms with Crippen molar-refractivity contribution in [1.82, 2.24) is 4.90 Å². The van der Waals surface area contributed by atoms with Crippen molar-refractivity contribution in [3.05, 3.63) is 71.0 Å². The Morgan fingerprint density at radius 3 is 2.38 bits per heavy atom. The van der Waals surface area contributed by atoms with Gasteiger partial charge in [-0.1, -0.05) is 12.1 Å². The van der Waals surface area contributed by atoms with E-state index < -0.39 is 0 Å². The summed E-state index contributed by atoms with van der Waals surface area (Å²) < 4.78 is 17.7. The first-order valence-electron chi connectivity index (χ1n) is 8.77. The molecule has 0 unspecified atom stereocenters. The van der Waals surface area contributed by atoms with Crippen LogP contribution in [0.1, 0.15) is 45.5 Å². The van der Waals surface area contributed by atoms with E-state index in [0.717, 1.165) is 31.5 Å². The number of carbonyl (C=O) groups is 2. The molecule has 136 valence electrons. The van der Waals surface area contributed by atoms with Crippen molar-refractivity contribution in [3.8, 4) is 0 Å². The molecule has 1 fully saturated rings. The maximum atomic E-state index is 13.0. The average Bonchev–Trinajstić information content (AvgIpc) is 3.09. The Balaban J connectivity index is 1.62. The molecule has 26 heavy (non-hydrogen) atoms. The van der Waals surface area contributed by atoms with Crippen LogP contribution in [-0.2, 0) is 11.3 Å². The quantitative estimate of drug-likeness (QED) is 0.583. The van der Waals surface area contributed by atoms with Gasteiger partial charge in [0.1, 0.15) is 5.82 Å². The molecule has 4 nitrogen and oxygen atoms in total. The van der Waals surface area contributed by atoms with Crippen molar-refractivity contribution >= 4 is 11.8 Å². The normalized spacial score (nSPS) is 17.2. The van der Waals surface area contributed by atoms with Crippen LogP contribution >= 0.6 is 0 Å². The number of halogens is 1. The van der Waals surface area contributed by atoms with Crippen molar-refractivity contribution < 1.29 is 18.7 Å². The van der Waals surface area contributed by atoms with Gasteiger partial charge in [-0.2, -0.15) is 0 Å². The maximum Gasteiger partial charge on any atom is 0.337 e. The van der Waals surface area contributed by atoms with Gasteiger partial charge in [-0.3, -0.25) is 9.69 Å². The van der Waals surface area contributed by atoms with Crippen molar-refractivity contribution in [2.24, 2.45) is 0 Å². The van der Waals surface area contributed by atoms with Crippen molar-refractivity contribution in [2.45, 2.75) is 31.8 Å². The van der Waals surface area contributed by atoms with Gasteiger partial charge in [0.05, 0.1) is 12.7 Å². The summed E-state index contributed by atoms with van der Waals surface area (Å²) in [7, 11) is 1.36. The molecule has 1 aliphatic rings. The molecule has 1 heterocycles. The zero-order valence-electron chi connectivity index (χ0n) is 14.8. The minimum atomic E-state index is -0.347. The Bertz CT molecular complexity index is 771. The van der Waals surface area contributed by atoms with Crippen LogP contribution in [0, 0.1) is 5.82 Å². The predicted molar refractivity (Wildman–Crippen MR) is 96.6 cm³/mol. The first-order valence-corrected chi connectivity index (χ1v) is 8.77.